The van der Waals surface area contributed by atoms with Gasteiger partial charge in [-0.15, -0.1) is 0 Å². The molecule has 0 saturated carbocycles. The number of unbranched alkanes of at least 4 members (excludes halogenated alkanes) is 3. The molecule has 2 rings (SSSR count). The van der Waals surface area contributed by atoms with E-state index in [1.807, 2.05) is 18.2 Å². The number of benzene rings is 1. The van der Waals surface area contributed by atoms with Gasteiger partial charge in [-0.3, -0.25) is 0 Å². The van der Waals surface area contributed by atoms with Crippen molar-refractivity contribution in [2.75, 3.05) is 12.3 Å². The van der Waals surface area contributed by atoms with E-state index in [0.29, 0.717) is 6.01 Å². The average Bonchev–Trinajstić information content (AvgIpc) is 2.70. The van der Waals surface area contributed by atoms with Crippen molar-refractivity contribution in [3.8, 4) is 6.01 Å². The lowest BCUT2D eigenvalue weighted by Gasteiger charge is -2.00. The molecule has 0 unspecified atom stereocenters. The number of hydrogen-bond donors (Lipinski definition) is 2. The smallest absolute Gasteiger partial charge is 0.294 e. The maximum absolute atomic E-state index is 5.70. The molecule has 0 bridgehead atoms. The minimum atomic E-state index is 0.585. The fourth-order valence-corrected chi connectivity index (χ4v) is 1.77. The van der Waals surface area contributed by atoms with Crippen molar-refractivity contribution in [2.45, 2.75) is 32.6 Å². The van der Waals surface area contributed by atoms with Gasteiger partial charge in [0.25, 0.3) is 6.01 Å². The zero-order valence-electron chi connectivity index (χ0n) is 10.2. The third-order valence-corrected chi connectivity index (χ3v) is 2.72. The minimum Gasteiger partial charge on any atom is -0.465 e. The Kier molecular flexibility index (Phi) is 3.85. The molecule has 0 aliphatic heterocycles. The lowest BCUT2D eigenvalue weighted by Crippen LogP contribution is -1.98. The molecule has 4 nitrogen and oxygen atoms in total. The first kappa shape index (κ1) is 11.8. The minimum absolute atomic E-state index is 0.585. The number of nitrogens with zero attached hydrogens (tertiary/aromatic N) is 1. The van der Waals surface area contributed by atoms with Crippen LogP contribution in [0.5, 0.6) is 6.01 Å². The normalized spacial score (nSPS) is 10.9. The van der Waals surface area contributed by atoms with E-state index in [1.165, 1.54) is 19.3 Å². The molecule has 0 aliphatic rings. The fraction of sp³-hybridized carbons (Fsp3) is 0.462. The van der Waals surface area contributed by atoms with E-state index >= 15 is 0 Å². The molecule has 1 aromatic heterocycles. The topological polar surface area (TPSA) is 63.9 Å². The summed E-state index contributed by atoms with van der Waals surface area (Å²) in [4.78, 5) is 7.45. The third-order valence-electron chi connectivity index (χ3n) is 2.72. The maximum atomic E-state index is 5.70. The second-order valence-electron chi connectivity index (χ2n) is 4.23. The van der Waals surface area contributed by atoms with E-state index in [2.05, 4.69) is 16.9 Å². The zero-order valence-corrected chi connectivity index (χ0v) is 10.2. The van der Waals surface area contributed by atoms with E-state index in [-0.39, 0.29) is 0 Å². The number of rotatable bonds is 6. The summed E-state index contributed by atoms with van der Waals surface area (Å²) in [5.41, 5.74) is 8.25. The molecule has 3 N–H and O–H groups in total. The number of nitrogen functional groups attached to an aromatic ring is 1. The molecule has 92 valence electrons. The van der Waals surface area contributed by atoms with Gasteiger partial charge in [-0.25, -0.2) is 0 Å². The van der Waals surface area contributed by atoms with E-state index in [9.17, 15) is 0 Å². The van der Waals surface area contributed by atoms with Crippen molar-refractivity contribution < 1.29 is 4.74 Å². The van der Waals surface area contributed by atoms with Crippen molar-refractivity contribution >= 4 is 16.7 Å². The van der Waals surface area contributed by atoms with Gasteiger partial charge in [0.1, 0.15) is 0 Å². The molecule has 0 radical (unpaired) electrons. The van der Waals surface area contributed by atoms with Crippen LogP contribution in [-0.2, 0) is 0 Å². The highest BCUT2D eigenvalue weighted by Crippen LogP contribution is 2.18. The van der Waals surface area contributed by atoms with Gasteiger partial charge in [0, 0.05) is 5.69 Å². The van der Waals surface area contributed by atoms with Crippen LogP contribution >= 0.6 is 0 Å². The summed E-state index contributed by atoms with van der Waals surface area (Å²) in [6.45, 7) is 2.92. The highest BCUT2D eigenvalue weighted by molar-refractivity contribution is 5.79. The summed E-state index contributed by atoms with van der Waals surface area (Å²) in [5.74, 6) is 0. The molecule has 0 amide bonds. The van der Waals surface area contributed by atoms with Crippen LogP contribution < -0.4 is 10.5 Å². The van der Waals surface area contributed by atoms with Crippen LogP contribution in [0.15, 0.2) is 18.2 Å². The number of hydrogen-bond acceptors (Lipinski definition) is 3. The lowest BCUT2D eigenvalue weighted by molar-refractivity contribution is 0.285. The summed E-state index contributed by atoms with van der Waals surface area (Å²) >= 11 is 0. The van der Waals surface area contributed by atoms with Gasteiger partial charge in [0.2, 0.25) is 0 Å². The van der Waals surface area contributed by atoms with Crippen molar-refractivity contribution in [2.24, 2.45) is 0 Å². The van der Waals surface area contributed by atoms with Gasteiger partial charge in [0.15, 0.2) is 0 Å². The van der Waals surface area contributed by atoms with Crippen LogP contribution in [0.1, 0.15) is 32.6 Å². The van der Waals surface area contributed by atoms with Crippen LogP contribution in [0, 0.1) is 0 Å². The van der Waals surface area contributed by atoms with E-state index in [0.717, 1.165) is 29.7 Å². The van der Waals surface area contributed by atoms with Crippen LogP contribution in [0.25, 0.3) is 11.0 Å². The van der Waals surface area contributed by atoms with Crippen molar-refractivity contribution in [1.29, 1.82) is 0 Å². The first-order valence-corrected chi connectivity index (χ1v) is 6.17. The number of ether oxygens (including phenoxy) is 1. The molecule has 1 heterocycles. The average molecular weight is 233 g/mol. The molecule has 0 fully saturated rings. The van der Waals surface area contributed by atoms with Crippen LogP contribution in [-0.4, -0.2) is 16.6 Å². The Morgan fingerprint density at radius 1 is 1.29 bits per heavy atom. The third kappa shape index (κ3) is 3.12. The second kappa shape index (κ2) is 5.57. The van der Waals surface area contributed by atoms with Gasteiger partial charge in [0.05, 0.1) is 17.6 Å². The molecule has 0 saturated heterocycles. The number of fused-ring (bicyclic) bond motifs is 1. The summed E-state index contributed by atoms with van der Waals surface area (Å²) in [6, 6.07) is 6.19. The Balaban J connectivity index is 1.91. The summed E-state index contributed by atoms with van der Waals surface area (Å²) < 4.78 is 5.57. The molecule has 0 spiro atoms. The monoisotopic (exact) mass is 233 g/mol. The molecular weight excluding hydrogens is 214 g/mol. The zero-order chi connectivity index (χ0) is 12.1. The highest BCUT2D eigenvalue weighted by atomic mass is 16.5. The van der Waals surface area contributed by atoms with Crippen LogP contribution in [0.3, 0.4) is 0 Å². The molecule has 0 atom stereocenters. The molecular formula is C13H19N3O. The van der Waals surface area contributed by atoms with Crippen molar-refractivity contribution in [3.05, 3.63) is 18.2 Å². The number of nitrogens with two attached hydrogens (primary N) is 1. The number of aromatic nitrogens is 2. The van der Waals surface area contributed by atoms with E-state index < -0.39 is 0 Å². The van der Waals surface area contributed by atoms with Crippen LogP contribution in [0.2, 0.25) is 0 Å². The Hall–Kier alpha value is -1.71. The molecule has 4 heteroatoms. The first-order valence-electron chi connectivity index (χ1n) is 6.17. The van der Waals surface area contributed by atoms with E-state index in [1.54, 1.807) is 0 Å². The van der Waals surface area contributed by atoms with Gasteiger partial charge >= 0.3 is 0 Å². The maximum Gasteiger partial charge on any atom is 0.294 e. The Bertz CT molecular complexity index is 478. The van der Waals surface area contributed by atoms with Gasteiger partial charge in [-0.2, -0.15) is 4.98 Å². The van der Waals surface area contributed by atoms with Gasteiger partial charge < -0.3 is 15.5 Å². The van der Waals surface area contributed by atoms with Crippen molar-refractivity contribution in [3.63, 3.8) is 0 Å². The summed E-state index contributed by atoms with van der Waals surface area (Å²) in [6.07, 6.45) is 4.79. The highest BCUT2D eigenvalue weighted by Gasteiger charge is 2.03. The number of nitrogens with one attached hydrogen (secondary N) is 1. The lowest BCUT2D eigenvalue weighted by atomic mass is 10.2. The number of imidazole rings is 1. The standard InChI is InChI=1S/C13H19N3O/c1-2-3-4-5-8-17-13-15-11-7-6-10(14)9-12(11)16-13/h6-7,9H,2-5,8,14H2,1H3,(H,15,16). The number of H-pyrrole nitrogens is 1. The van der Waals surface area contributed by atoms with Gasteiger partial charge in [-0.05, 0) is 24.6 Å². The SMILES string of the molecule is CCCCCCOc1nc2ccc(N)cc2[nH]1. The largest absolute Gasteiger partial charge is 0.465 e. The molecule has 0 aliphatic carbocycles. The number of anilines is 1. The molecule has 1 aromatic carbocycles. The fourth-order valence-electron chi connectivity index (χ4n) is 1.77. The Morgan fingerprint density at radius 2 is 2.18 bits per heavy atom. The predicted octanol–water partition coefficient (Wildman–Crippen LogP) is 3.10. The van der Waals surface area contributed by atoms with Crippen LogP contribution in [0.4, 0.5) is 5.69 Å². The molecule has 2 aromatic rings. The quantitative estimate of drug-likeness (QED) is 0.595. The number of aromatic amines is 1. The first-order chi connectivity index (χ1) is 8.29. The Labute approximate surface area is 101 Å². The van der Waals surface area contributed by atoms with E-state index in [4.69, 9.17) is 10.5 Å². The van der Waals surface area contributed by atoms with Crippen molar-refractivity contribution in [1.82, 2.24) is 9.97 Å². The summed E-state index contributed by atoms with van der Waals surface area (Å²) in [5, 5.41) is 0. The predicted molar refractivity (Wildman–Crippen MR) is 70.1 cm³/mol. The van der Waals surface area contributed by atoms with Gasteiger partial charge in [-0.1, -0.05) is 26.2 Å². The molecule has 17 heavy (non-hydrogen) atoms. The Morgan fingerprint density at radius 3 is 3.00 bits per heavy atom. The second-order valence-corrected chi connectivity index (χ2v) is 4.23. The summed E-state index contributed by atoms with van der Waals surface area (Å²) in [7, 11) is 0.